The highest BCUT2D eigenvalue weighted by atomic mass is 16.5. The van der Waals surface area contributed by atoms with Crippen LogP contribution in [0, 0.1) is 5.92 Å². The Hall–Kier alpha value is -1.30. The average Bonchev–Trinajstić information content (AvgIpc) is 2.28. The first-order chi connectivity index (χ1) is 8.00. The summed E-state index contributed by atoms with van der Waals surface area (Å²) < 4.78 is 5.24. The first-order valence-electron chi connectivity index (χ1n) is 5.88. The first kappa shape index (κ1) is 13.8. The molecule has 0 saturated carbocycles. The molecule has 1 rings (SSSR count). The molecule has 0 bridgehead atoms. The van der Waals surface area contributed by atoms with E-state index in [1.807, 2.05) is 0 Å². The fourth-order valence-corrected chi connectivity index (χ4v) is 1.63. The molecule has 0 aromatic rings. The van der Waals surface area contributed by atoms with Gasteiger partial charge in [0.05, 0.1) is 18.6 Å². The van der Waals surface area contributed by atoms with E-state index in [2.05, 4.69) is 10.6 Å². The highest BCUT2D eigenvalue weighted by molar-refractivity contribution is 5.76. The number of nitrogens with one attached hydrogen (secondary N) is 2. The SMILES string of the molecule is CC(NC(=O)NC1CCCOC1)C(C)C(=O)O. The molecule has 1 aliphatic rings. The van der Waals surface area contributed by atoms with Crippen LogP contribution in [-0.2, 0) is 9.53 Å². The third kappa shape index (κ3) is 4.60. The normalized spacial score (nSPS) is 23.5. The zero-order valence-electron chi connectivity index (χ0n) is 10.2. The number of ether oxygens (including phenoxy) is 1. The van der Waals surface area contributed by atoms with Gasteiger partial charge >= 0.3 is 12.0 Å². The van der Waals surface area contributed by atoms with E-state index in [4.69, 9.17) is 9.84 Å². The van der Waals surface area contributed by atoms with Crippen LogP contribution in [0.2, 0.25) is 0 Å². The number of hydrogen-bond donors (Lipinski definition) is 3. The fraction of sp³-hybridized carbons (Fsp3) is 0.818. The van der Waals surface area contributed by atoms with Crippen molar-refractivity contribution in [2.45, 2.75) is 38.8 Å². The van der Waals surface area contributed by atoms with Crippen LogP contribution in [0.25, 0.3) is 0 Å². The van der Waals surface area contributed by atoms with E-state index in [0.29, 0.717) is 6.61 Å². The van der Waals surface area contributed by atoms with Crippen molar-refractivity contribution in [3.05, 3.63) is 0 Å². The summed E-state index contributed by atoms with van der Waals surface area (Å²) in [5.74, 6) is -1.53. The zero-order valence-corrected chi connectivity index (χ0v) is 10.2. The maximum Gasteiger partial charge on any atom is 0.315 e. The maximum atomic E-state index is 11.6. The monoisotopic (exact) mass is 244 g/mol. The molecule has 0 spiro atoms. The van der Waals surface area contributed by atoms with E-state index in [1.54, 1.807) is 13.8 Å². The van der Waals surface area contributed by atoms with Crippen molar-refractivity contribution >= 4 is 12.0 Å². The number of aliphatic carboxylic acids is 1. The molecule has 3 N–H and O–H groups in total. The molecule has 6 heteroatoms. The number of carbonyl (C=O) groups excluding carboxylic acids is 1. The third-order valence-electron chi connectivity index (χ3n) is 2.99. The molecule has 1 heterocycles. The Labute approximate surface area is 101 Å². The summed E-state index contributed by atoms with van der Waals surface area (Å²) in [6.07, 6.45) is 1.84. The summed E-state index contributed by atoms with van der Waals surface area (Å²) in [5.41, 5.74) is 0. The van der Waals surface area contributed by atoms with Crippen LogP contribution >= 0.6 is 0 Å². The molecule has 1 fully saturated rings. The van der Waals surface area contributed by atoms with Gasteiger partial charge in [-0.1, -0.05) is 0 Å². The Bertz CT molecular complexity index is 277. The number of amides is 2. The molecule has 0 radical (unpaired) electrons. The van der Waals surface area contributed by atoms with Crippen molar-refractivity contribution in [1.29, 1.82) is 0 Å². The van der Waals surface area contributed by atoms with Gasteiger partial charge in [-0.3, -0.25) is 4.79 Å². The van der Waals surface area contributed by atoms with E-state index < -0.39 is 17.9 Å². The van der Waals surface area contributed by atoms with Crippen molar-refractivity contribution in [2.75, 3.05) is 13.2 Å². The zero-order chi connectivity index (χ0) is 12.8. The molecule has 6 nitrogen and oxygen atoms in total. The lowest BCUT2D eigenvalue weighted by Crippen LogP contribution is -2.50. The van der Waals surface area contributed by atoms with Gasteiger partial charge in [-0.2, -0.15) is 0 Å². The molecule has 17 heavy (non-hydrogen) atoms. The second-order valence-electron chi connectivity index (χ2n) is 4.45. The van der Waals surface area contributed by atoms with Crippen LogP contribution in [0.4, 0.5) is 4.79 Å². The summed E-state index contributed by atoms with van der Waals surface area (Å²) in [4.78, 5) is 22.3. The fourth-order valence-electron chi connectivity index (χ4n) is 1.63. The van der Waals surface area contributed by atoms with E-state index in [0.717, 1.165) is 19.4 Å². The van der Waals surface area contributed by atoms with Crippen molar-refractivity contribution in [1.82, 2.24) is 10.6 Å². The number of urea groups is 1. The van der Waals surface area contributed by atoms with Crippen molar-refractivity contribution in [3.8, 4) is 0 Å². The number of carboxylic acids is 1. The Kier molecular flexibility index (Phi) is 5.21. The minimum Gasteiger partial charge on any atom is -0.481 e. The van der Waals surface area contributed by atoms with Crippen LogP contribution in [0.5, 0.6) is 0 Å². The average molecular weight is 244 g/mol. The minimum atomic E-state index is -0.918. The van der Waals surface area contributed by atoms with Crippen LogP contribution in [0.1, 0.15) is 26.7 Å². The standard InChI is InChI=1S/C11H20N2O4/c1-7(10(14)15)8(2)12-11(16)13-9-4-3-5-17-6-9/h7-9H,3-6H2,1-2H3,(H,14,15)(H2,12,13,16). The Morgan fingerprint density at radius 2 is 2.12 bits per heavy atom. The van der Waals surface area contributed by atoms with E-state index in [-0.39, 0.29) is 12.1 Å². The molecule has 2 amide bonds. The predicted octanol–water partition coefficient (Wildman–Crippen LogP) is 0.574. The highest BCUT2D eigenvalue weighted by Crippen LogP contribution is 2.06. The van der Waals surface area contributed by atoms with Gasteiger partial charge in [0.15, 0.2) is 0 Å². The maximum absolute atomic E-state index is 11.6. The summed E-state index contributed by atoms with van der Waals surface area (Å²) in [6.45, 7) is 4.51. The third-order valence-corrected chi connectivity index (χ3v) is 2.99. The van der Waals surface area contributed by atoms with Crippen molar-refractivity contribution in [3.63, 3.8) is 0 Å². The number of carboxylic acid groups (broad SMARTS) is 1. The Morgan fingerprint density at radius 3 is 2.65 bits per heavy atom. The van der Waals surface area contributed by atoms with Gasteiger partial charge in [0.2, 0.25) is 0 Å². The highest BCUT2D eigenvalue weighted by Gasteiger charge is 2.22. The van der Waals surface area contributed by atoms with E-state index in [1.165, 1.54) is 0 Å². The van der Waals surface area contributed by atoms with Crippen LogP contribution in [-0.4, -0.2) is 42.4 Å². The van der Waals surface area contributed by atoms with Gasteiger partial charge in [-0.25, -0.2) is 4.79 Å². The first-order valence-corrected chi connectivity index (χ1v) is 5.88. The summed E-state index contributed by atoms with van der Waals surface area (Å²) in [6, 6.07) is -0.714. The second kappa shape index (κ2) is 6.44. The molecule has 1 saturated heterocycles. The van der Waals surface area contributed by atoms with Gasteiger partial charge in [0.25, 0.3) is 0 Å². The van der Waals surface area contributed by atoms with Gasteiger partial charge in [-0.05, 0) is 26.7 Å². The summed E-state index contributed by atoms with van der Waals surface area (Å²) >= 11 is 0. The molecule has 0 aromatic carbocycles. The van der Waals surface area contributed by atoms with E-state index in [9.17, 15) is 9.59 Å². The van der Waals surface area contributed by atoms with Crippen molar-refractivity contribution < 1.29 is 19.4 Å². The minimum absolute atomic E-state index is 0.0242. The van der Waals surface area contributed by atoms with Gasteiger partial charge < -0.3 is 20.5 Å². The van der Waals surface area contributed by atoms with Crippen LogP contribution in [0.3, 0.4) is 0 Å². The Balaban J connectivity index is 2.30. The number of rotatable bonds is 4. The lowest BCUT2D eigenvalue weighted by molar-refractivity contribution is -0.141. The molecule has 98 valence electrons. The van der Waals surface area contributed by atoms with Gasteiger partial charge in [0, 0.05) is 12.6 Å². The molecule has 0 aromatic heterocycles. The molecule has 1 aliphatic heterocycles. The smallest absolute Gasteiger partial charge is 0.315 e. The lowest BCUT2D eigenvalue weighted by Gasteiger charge is -2.25. The van der Waals surface area contributed by atoms with Gasteiger partial charge in [0.1, 0.15) is 0 Å². The van der Waals surface area contributed by atoms with Crippen molar-refractivity contribution in [2.24, 2.45) is 5.92 Å². The molecular weight excluding hydrogens is 224 g/mol. The molecule has 0 aliphatic carbocycles. The second-order valence-corrected chi connectivity index (χ2v) is 4.45. The summed E-state index contributed by atoms with van der Waals surface area (Å²) in [7, 11) is 0. The predicted molar refractivity (Wildman–Crippen MR) is 61.8 cm³/mol. The van der Waals surface area contributed by atoms with Crippen LogP contribution in [0.15, 0.2) is 0 Å². The molecule has 3 unspecified atom stereocenters. The quantitative estimate of drug-likeness (QED) is 0.674. The lowest BCUT2D eigenvalue weighted by atomic mass is 10.0. The Morgan fingerprint density at radius 1 is 1.41 bits per heavy atom. The number of carbonyl (C=O) groups is 2. The number of hydrogen-bond acceptors (Lipinski definition) is 3. The van der Waals surface area contributed by atoms with Crippen LogP contribution < -0.4 is 10.6 Å². The topological polar surface area (TPSA) is 87.7 Å². The van der Waals surface area contributed by atoms with E-state index >= 15 is 0 Å². The largest absolute Gasteiger partial charge is 0.481 e. The summed E-state index contributed by atoms with van der Waals surface area (Å²) in [5, 5.41) is 14.2. The molecule has 3 atom stereocenters. The van der Waals surface area contributed by atoms with Gasteiger partial charge in [-0.15, -0.1) is 0 Å². The molecular formula is C11H20N2O4.